The van der Waals surface area contributed by atoms with E-state index in [1.54, 1.807) is 0 Å². The van der Waals surface area contributed by atoms with Gasteiger partial charge in [0, 0.05) is 12.1 Å². The lowest BCUT2D eigenvalue weighted by molar-refractivity contribution is 0.185. The molecule has 0 aliphatic carbocycles. The Morgan fingerprint density at radius 2 is 1.43 bits per heavy atom. The van der Waals surface area contributed by atoms with Crippen LogP contribution in [0.4, 0.5) is 0 Å². The van der Waals surface area contributed by atoms with Crippen LogP contribution in [0.3, 0.4) is 0 Å². The van der Waals surface area contributed by atoms with Gasteiger partial charge >= 0.3 is 0 Å². The van der Waals surface area contributed by atoms with E-state index in [4.69, 9.17) is 0 Å². The van der Waals surface area contributed by atoms with E-state index in [2.05, 4.69) is 44.8 Å². The third-order valence-electron chi connectivity index (χ3n) is 2.65. The quantitative estimate of drug-likeness (QED) is 0.753. The smallest absolute Gasteiger partial charge is 0.00411 e. The van der Waals surface area contributed by atoms with E-state index in [0.29, 0.717) is 12.1 Å². The fraction of sp³-hybridized carbons (Fsp3) is 1.00. The maximum Gasteiger partial charge on any atom is 0.00411 e. The molecule has 2 heteroatoms. The molecule has 1 aliphatic heterocycles. The minimum absolute atomic E-state index is 0.690. The third-order valence-corrected chi connectivity index (χ3v) is 2.65. The molecule has 0 unspecified atom stereocenters. The summed E-state index contributed by atoms with van der Waals surface area (Å²) in [6.07, 6.45) is 2.78. The van der Waals surface area contributed by atoms with Crippen molar-refractivity contribution in [3.8, 4) is 0 Å². The second-order valence-corrected chi connectivity index (χ2v) is 4.48. The predicted octanol–water partition coefficient (Wildman–Crippen LogP) is 2.49. The van der Waals surface area contributed by atoms with Gasteiger partial charge in [0.1, 0.15) is 0 Å². The van der Waals surface area contributed by atoms with Crippen LogP contribution in [0.5, 0.6) is 0 Å². The van der Waals surface area contributed by atoms with E-state index in [0.717, 1.165) is 6.54 Å². The summed E-state index contributed by atoms with van der Waals surface area (Å²) < 4.78 is 0. The summed E-state index contributed by atoms with van der Waals surface area (Å²) in [5.74, 6) is 0. The minimum atomic E-state index is 0.690. The van der Waals surface area contributed by atoms with E-state index < -0.39 is 0 Å². The molecule has 0 amide bonds. The fourth-order valence-electron chi connectivity index (χ4n) is 1.95. The number of nitrogens with one attached hydrogen (secondary N) is 1. The van der Waals surface area contributed by atoms with Crippen LogP contribution in [0.2, 0.25) is 0 Å². The molecule has 1 heterocycles. The maximum absolute atomic E-state index is 3.22. The Morgan fingerprint density at radius 3 is 1.50 bits per heavy atom. The van der Waals surface area contributed by atoms with Crippen molar-refractivity contribution in [3.05, 3.63) is 0 Å². The third kappa shape index (κ3) is 6.39. The Hall–Kier alpha value is -0.0800. The molecule has 0 aromatic carbocycles. The Labute approximate surface area is 90.1 Å². The van der Waals surface area contributed by atoms with Crippen molar-refractivity contribution in [1.29, 1.82) is 0 Å². The lowest BCUT2D eigenvalue weighted by Crippen LogP contribution is -2.36. The molecule has 0 atom stereocenters. The lowest BCUT2D eigenvalue weighted by Gasteiger charge is -2.28. The van der Waals surface area contributed by atoms with Crippen LogP contribution >= 0.6 is 0 Å². The first-order valence-electron chi connectivity index (χ1n) is 6.06. The molecule has 0 aromatic rings. The Kier molecular flexibility index (Phi) is 8.20. The number of rotatable bonds is 3. The molecule has 1 aliphatic rings. The predicted molar refractivity (Wildman–Crippen MR) is 64.8 cm³/mol. The highest BCUT2D eigenvalue weighted by atomic mass is 15.2. The van der Waals surface area contributed by atoms with Gasteiger partial charge in [-0.05, 0) is 60.2 Å². The molecule has 0 spiro atoms. The van der Waals surface area contributed by atoms with Crippen molar-refractivity contribution in [2.24, 2.45) is 0 Å². The Morgan fingerprint density at radius 1 is 1.00 bits per heavy atom. The first kappa shape index (κ1) is 13.9. The van der Waals surface area contributed by atoms with Gasteiger partial charge < -0.3 is 5.32 Å². The minimum Gasteiger partial charge on any atom is -0.317 e. The Balaban J connectivity index is 0.000000280. The van der Waals surface area contributed by atoms with Crippen LogP contribution in [0, 0.1) is 0 Å². The SMILES string of the molecule is C1CCNC1.CCN(C(C)C)C(C)C. The molecular formula is C12H28N2. The van der Waals surface area contributed by atoms with Crippen molar-refractivity contribution in [1.82, 2.24) is 10.2 Å². The summed E-state index contributed by atoms with van der Waals surface area (Å²) in [4.78, 5) is 2.46. The van der Waals surface area contributed by atoms with Gasteiger partial charge in [0.25, 0.3) is 0 Å². The second kappa shape index (κ2) is 8.25. The van der Waals surface area contributed by atoms with Crippen LogP contribution < -0.4 is 5.32 Å². The molecule has 1 saturated heterocycles. The molecule has 14 heavy (non-hydrogen) atoms. The number of hydrogen-bond donors (Lipinski definition) is 1. The standard InChI is InChI=1S/C8H19N.C4H9N/c1-6-9(7(2)3)8(4)5;1-2-4-5-3-1/h7-8H,6H2,1-5H3;5H,1-4H2. The molecular weight excluding hydrogens is 172 g/mol. The number of hydrogen-bond acceptors (Lipinski definition) is 2. The zero-order chi connectivity index (χ0) is 11.0. The van der Waals surface area contributed by atoms with E-state index >= 15 is 0 Å². The van der Waals surface area contributed by atoms with Crippen LogP contribution in [0.15, 0.2) is 0 Å². The largest absolute Gasteiger partial charge is 0.317 e. The summed E-state index contributed by atoms with van der Waals surface area (Å²) in [7, 11) is 0. The molecule has 0 saturated carbocycles. The van der Waals surface area contributed by atoms with Gasteiger partial charge in [-0.2, -0.15) is 0 Å². The van der Waals surface area contributed by atoms with Crippen molar-refractivity contribution < 1.29 is 0 Å². The van der Waals surface area contributed by atoms with E-state index in [-0.39, 0.29) is 0 Å². The highest BCUT2D eigenvalue weighted by molar-refractivity contribution is 4.64. The summed E-state index contributed by atoms with van der Waals surface area (Å²) >= 11 is 0. The monoisotopic (exact) mass is 200 g/mol. The zero-order valence-corrected chi connectivity index (χ0v) is 10.6. The summed E-state index contributed by atoms with van der Waals surface area (Å²) in [6.45, 7) is 14.8. The van der Waals surface area contributed by atoms with Crippen LogP contribution in [0.1, 0.15) is 47.5 Å². The van der Waals surface area contributed by atoms with Gasteiger partial charge in [0.15, 0.2) is 0 Å². The lowest BCUT2D eigenvalue weighted by atomic mass is 10.2. The molecule has 86 valence electrons. The van der Waals surface area contributed by atoms with Crippen molar-refractivity contribution in [2.45, 2.75) is 59.5 Å². The number of nitrogens with zero attached hydrogens (tertiary/aromatic N) is 1. The Bertz CT molecular complexity index is 102. The van der Waals surface area contributed by atoms with Gasteiger partial charge in [-0.15, -0.1) is 0 Å². The molecule has 1 N–H and O–H groups in total. The van der Waals surface area contributed by atoms with Gasteiger partial charge in [-0.3, -0.25) is 4.90 Å². The first-order valence-corrected chi connectivity index (χ1v) is 6.06. The summed E-state index contributed by atoms with van der Waals surface area (Å²) in [5, 5.41) is 3.22. The van der Waals surface area contributed by atoms with Gasteiger partial charge in [-0.1, -0.05) is 6.92 Å². The van der Waals surface area contributed by atoms with Gasteiger partial charge in [0.05, 0.1) is 0 Å². The molecule has 0 radical (unpaired) electrons. The van der Waals surface area contributed by atoms with Gasteiger partial charge in [-0.25, -0.2) is 0 Å². The van der Waals surface area contributed by atoms with E-state index in [1.807, 2.05) is 0 Å². The normalized spacial score (nSPS) is 16.3. The van der Waals surface area contributed by atoms with Crippen molar-refractivity contribution >= 4 is 0 Å². The van der Waals surface area contributed by atoms with Crippen molar-refractivity contribution in [2.75, 3.05) is 19.6 Å². The fourth-order valence-corrected chi connectivity index (χ4v) is 1.95. The zero-order valence-electron chi connectivity index (χ0n) is 10.6. The molecule has 1 rings (SSSR count). The summed E-state index contributed by atoms with van der Waals surface area (Å²) in [6, 6.07) is 1.38. The van der Waals surface area contributed by atoms with Crippen LogP contribution in [-0.4, -0.2) is 36.6 Å². The first-order chi connectivity index (χ1) is 6.59. The van der Waals surface area contributed by atoms with E-state index in [1.165, 1.54) is 25.9 Å². The van der Waals surface area contributed by atoms with Gasteiger partial charge in [0.2, 0.25) is 0 Å². The molecule has 2 nitrogen and oxygen atoms in total. The van der Waals surface area contributed by atoms with Crippen LogP contribution in [0.25, 0.3) is 0 Å². The topological polar surface area (TPSA) is 15.3 Å². The molecule has 0 aromatic heterocycles. The second-order valence-electron chi connectivity index (χ2n) is 4.48. The average Bonchev–Trinajstić information content (AvgIpc) is 2.59. The molecule has 1 fully saturated rings. The summed E-state index contributed by atoms with van der Waals surface area (Å²) in [5.41, 5.74) is 0. The highest BCUT2D eigenvalue weighted by Crippen LogP contribution is 2.02. The van der Waals surface area contributed by atoms with Crippen LogP contribution in [-0.2, 0) is 0 Å². The maximum atomic E-state index is 3.22. The highest BCUT2D eigenvalue weighted by Gasteiger charge is 2.08. The molecule has 0 bridgehead atoms. The average molecular weight is 200 g/mol. The van der Waals surface area contributed by atoms with E-state index in [9.17, 15) is 0 Å². The van der Waals surface area contributed by atoms with Crippen molar-refractivity contribution in [3.63, 3.8) is 0 Å².